The Bertz CT molecular complexity index is 582. The van der Waals surface area contributed by atoms with E-state index in [2.05, 4.69) is 20.5 Å². The van der Waals surface area contributed by atoms with Crippen molar-refractivity contribution in [2.75, 3.05) is 0 Å². The summed E-state index contributed by atoms with van der Waals surface area (Å²) in [6.45, 7) is 0. The van der Waals surface area contributed by atoms with Gasteiger partial charge in [-0.1, -0.05) is 6.07 Å². The molecule has 3 rings (SSSR count). The molecule has 1 aliphatic rings. The molecule has 1 saturated carbocycles. The maximum Gasteiger partial charge on any atom is 0.215 e. The molecule has 0 spiro atoms. The monoisotopic (exact) mass is 244 g/mol. The molecule has 84 valence electrons. The number of rotatable bonds is 3. The number of hydrogen-bond donors (Lipinski definition) is 0. The summed E-state index contributed by atoms with van der Waals surface area (Å²) < 4.78 is 1.82. The van der Waals surface area contributed by atoms with Gasteiger partial charge in [-0.2, -0.15) is 5.26 Å². The molecule has 2 aromatic heterocycles. The molecule has 0 saturated heterocycles. The maximum absolute atomic E-state index is 8.77. The zero-order valence-electron chi connectivity index (χ0n) is 8.82. The number of nitriles is 1. The lowest BCUT2D eigenvalue weighted by atomic mass is 10.4. The lowest BCUT2D eigenvalue weighted by Crippen LogP contribution is -1.98. The Morgan fingerprint density at radius 2 is 2.29 bits per heavy atom. The quantitative estimate of drug-likeness (QED) is 0.812. The third-order valence-electron chi connectivity index (χ3n) is 2.39. The number of tetrazole rings is 1. The number of hydrogen-bond acceptors (Lipinski definition) is 6. The first-order valence-electron chi connectivity index (χ1n) is 5.19. The van der Waals surface area contributed by atoms with Crippen molar-refractivity contribution in [3.63, 3.8) is 0 Å². The van der Waals surface area contributed by atoms with Gasteiger partial charge >= 0.3 is 0 Å². The highest BCUT2D eigenvalue weighted by atomic mass is 32.2. The Labute approximate surface area is 102 Å². The maximum atomic E-state index is 8.77. The minimum atomic E-state index is 0.403. The van der Waals surface area contributed by atoms with Crippen molar-refractivity contribution in [3.8, 4) is 6.07 Å². The van der Waals surface area contributed by atoms with Crippen molar-refractivity contribution in [1.29, 1.82) is 5.26 Å². The molecule has 0 amide bonds. The van der Waals surface area contributed by atoms with Gasteiger partial charge in [-0.3, -0.25) is 0 Å². The Morgan fingerprint density at radius 1 is 1.41 bits per heavy atom. The van der Waals surface area contributed by atoms with Crippen LogP contribution in [0.5, 0.6) is 0 Å². The molecular formula is C10H8N6S. The molecule has 0 aromatic carbocycles. The van der Waals surface area contributed by atoms with Crippen LogP contribution < -0.4 is 0 Å². The zero-order valence-corrected chi connectivity index (χ0v) is 9.63. The molecule has 0 bridgehead atoms. The van der Waals surface area contributed by atoms with Gasteiger partial charge in [-0.25, -0.2) is 9.67 Å². The fraction of sp³-hybridized carbons (Fsp3) is 0.300. The van der Waals surface area contributed by atoms with E-state index in [4.69, 9.17) is 5.26 Å². The SMILES string of the molecule is N#Cc1cccc(Sc2nnnn2C2CC2)n1. The summed E-state index contributed by atoms with van der Waals surface area (Å²) in [6, 6.07) is 7.77. The second kappa shape index (κ2) is 4.14. The van der Waals surface area contributed by atoms with Gasteiger partial charge in [-0.05, 0) is 47.2 Å². The number of nitrogens with zero attached hydrogens (tertiary/aromatic N) is 6. The summed E-state index contributed by atoms with van der Waals surface area (Å²) in [5, 5.41) is 21.8. The van der Waals surface area contributed by atoms with Crippen LogP contribution >= 0.6 is 11.8 Å². The van der Waals surface area contributed by atoms with Gasteiger partial charge in [0.1, 0.15) is 16.8 Å². The van der Waals surface area contributed by atoms with E-state index in [1.165, 1.54) is 11.8 Å². The molecular weight excluding hydrogens is 236 g/mol. The summed E-state index contributed by atoms with van der Waals surface area (Å²) in [5.74, 6) is 0. The second-order valence-corrected chi connectivity index (χ2v) is 4.70. The molecule has 0 unspecified atom stereocenters. The van der Waals surface area contributed by atoms with Crippen LogP contribution in [0.15, 0.2) is 28.4 Å². The van der Waals surface area contributed by atoms with E-state index in [0.29, 0.717) is 11.7 Å². The molecule has 1 aliphatic carbocycles. The first-order chi connectivity index (χ1) is 8.36. The Hall–Kier alpha value is -1.94. The van der Waals surface area contributed by atoms with Crippen molar-refractivity contribution < 1.29 is 0 Å². The van der Waals surface area contributed by atoms with Gasteiger partial charge in [0.25, 0.3) is 0 Å². The van der Waals surface area contributed by atoms with Gasteiger partial charge < -0.3 is 0 Å². The van der Waals surface area contributed by atoms with Crippen LogP contribution in [0.25, 0.3) is 0 Å². The van der Waals surface area contributed by atoms with Gasteiger partial charge in [0.15, 0.2) is 0 Å². The Morgan fingerprint density at radius 3 is 3.06 bits per heavy atom. The highest BCUT2D eigenvalue weighted by Crippen LogP contribution is 2.37. The van der Waals surface area contributed by atoms with E-state index >= 15 is 0 Å². The number of aromatic nitrogens is 5. The molecule has 0 aliphatic heterocycles. The van der Waals surface area contributed by atoms with Gasteiger partial charge in [-0.15, -0.1) is 5.10 Å². The van der Waals surface area contributed by atoms with Crippen LogP contribution in [0.3, 0.4) is 0 Å². The van der Waals surface area contributed by atoms with E-state index in [1.807, 2.05) is 16.8 Å². The fourth-order valence-corrected chi connectivity index (χ4v) is 2.26. The summed E-state index contributed by atoms with van der Waals surface area (Å²) >= 11 is 1.38. The van der Waals surface area contributed by atoms with Crippen molar-refractivity contribution in [1.82, 2.24) is 25.2 Å². The van der Waals surface area contributed by atoms with Crippen molar-refractivity contribution in [3.05, 3.63) is 23.9 Å². The fourth-order valence-electron chi connectivity index (χ4n) is 1.43. The largest absolute Gasteiger partial charge is 0.230 e. The third kappa shape index (κ3) is 2.12. The van der Waals surface area contributed by atoms with Crippen LogP contribution in [-0.4, -0.2) is 25.2 Å². The van der Waals surface area contributed by atoms with E-state index in [1.54, 1.807) is 12.1 Å². The van der Waals surface area contributed by atoms with Crippen LogP contribution in [0.4, 0.5) is 0 Å². The van der Waals surface area contributed by atoms with Crippen molar-refractivity contribution in [2.24, 2.45) is 0 Å². The molecule has 0 N–H and O–H groups in total. The van der Waals surface area contributed by atoms with Gasteiger partial charge in [0.2, 0.25) is 5.16 Å². The van der Waals surface area contributed by atoms with Crippen LogP contribution in [-0.2, 0) is 0 Å². The average Bonchev–Trinajstić information content (AvgIpc) is 3.11. The minimum absolute atomic E-state index is 0.403. The van der Waals surface area contributed by atoms with Crippen molar-refractivity contribution in [2.45, 2.75) is 29.1 Å². The lowest BCUT2D eigenvalue weighted by Gasteiger charge is -2.01. The predicted molar refractivity (Wildman–Crippen MR) is 59.2 cm³/mol. The van der Waals surface area contributed by atoms with Crippen molar-refractivity contribution >= 4 is 11.8 Å². The summed E-state index contributed by atoms with van der Waals surface area (Å²) in [4.78, 5) is 4.18. The third-order valence-corrected chi connectivity index (χ3v) is 3.28. The van der Waals surface area contributed by atoms with Gasteiger partial charge in [0, 0.05) is 0 Å². The molecule has 1 fully saturated rings. The molecule has 2 heterocycles. The molecule has 17 heavy (non-hydrogen) atoms. The van der Waals surface area contributed by atoms with E-state index in [0.717, 1.165) is 23.0 Å². The Balaban J connectivity index is 1.86. The normalized spacial score (nSPS) is 14.5. The molecule has 0 atom stereocenters. The van der Waals surface area contributed by atoms with Crippen LogP contribution in [0, 0.1) is 11.3 Å². The number of pyridine rings is 1. The average molecular weight is 244 g/mol. The zero-order chi connectivity index (χ0) is 11.7. The van der Waals surface area contributed by atoms with E-state index in [9.17, 15) is 0 Å². The Kier molecular flexibility index (Phi) is 2.49. The first-order valence-corrected chi connectivity index (χ1v) is 6.01. The van der Waals surface area contributed by atoms with Gasteiger partial charge in [0.05, 0.1) is 6.04 Å². The molecule has 6 nitrogen and oxygen atoms in total. The highest BCUT2D eigenvalue weighted by Gasteiger charge is 2.28. The molecule has 0 radical (unpaired) electrons. The highest BCUT2D eigenvalue weighted by molar-refractivity contribution is 7.99. The van der Waals surface area contributed by atoms with Crippen LogP contribution in [0.2, 0.25) is 0 Å². The predicted octanol–water partition coefficient (Wildman–Crippen LogP) is 1.43. The second-order valence-electron chi connectivity index (χ2n) is 3.71. The summed E-state index contributed by atoms with van der Waals surface area (Å²) in [6.07, 6.45) is 2.26. The van der Waals surface area contributed by atoms with E-state index < -0.39 is 0 Å². The standard InChI is InChI=1S/C10H8N6S/c11-6-7-2-1-3-9(12-7)17-10-13-14-15-16(10)8-4-5-8/h1-3,8H,4-5H2. The van der Waals surface area contributed by atoms with Crippen LogP contribution in [0.1, 0.15) is 24.6 Å². The summed E-state index contributed by atoms with van der Waals surface area (Å²) in [5.41, 5.74) is 0.403. The van der Waals surface area contributed by atoms with E-state index in [-0.39, 0.29) is 0 Å². The molecule has 2 aromatic rings. The lowest BCUT2D eigenvalue weighted by molar-refractivity contribution is 0.565. The molecule has 7 heteroatoms. The minimum Gasteiger partial charge on any atom is -0.230 e. The summed E-state index contributed by atoms with van der Waals surface area (Å²) in [7, 11) is 0. The topological polar surface area (TPSA) is 80.3 Å². The first kappa shape index (κ1) is 10.2. The smallest absolute Gasteiger partial charge is 0.215 e.